The summed E-state index contributed by atoms with van der Waals surface area (Å²) in [6.45, 7) is 0.110. The van der Waals surface area contributed by atoms with Gasteiger partial charge in [0.1, 0.15) is 12.1 Å². The second-order valence-corrected chi connectivity index (χ2v) is 11.0. The van der Waals surface area contributed by atoms with Gasteiger partial charge in [-0.25, -0.2) is 0 Å². The number of rotatable bonds is 5. The highest BCUT2D eigenvalue weighted by Gasteiger charge is 2.25. The fourth-order valence-corrected chi connectivity index (χ4v) is 4.46. The first-order valence-corrected chi connectivity index (χ1v) is 15.2. The Bertz CT molecular complexity index is 1260. The van der Waals surface area contributed by atoms with Crippen LogP contribution < -0.4 is 42.5 Å². The molecular weight excluding hydrogens is 656 g/mol. The number of carbonyl (C=O) groups is 8. The number of hydrogen-bond acceptors (Lipinski definition) is 8. The predicted octanol–water partition coefficient (Wildman–Crippen LogP) is -2.75. The summed E-state index contributed by atoms with van der Waals surface area (Å²) in [6.07, 6.45) is 0.885. The normalized spacial score (nSPS) is 20.2. The molecule has 0 bridgehead atoms. The first-order valence-electron chi connectivity index (χ1n) is 14.4. The Labute approximate surface area is 268 Å². The van der Waals surface area contributed by atoms with Crippen molar-refractivity contribution in [3.8, 4) is 0 Å². The van der Waals surface area contributed by atoms with Gasteiger partial charge in [-0.2, -0.15) is 0 Å². The van der Waals surface area contributed by atoms with Crippen LogP contribution in [0.25, 0.3) is 0 Å². The van der Waals surface area contributed by atoms with E-state index in [1.54, 1.807) is 24.3 Å². The Balaban J connectivity index is 2.18. The first-order chi connectivity index (χ1) is 21.4. The van der Waals surface area contributed by atoms with Crippen LogP contribution in [0.2, 0.25) is 0 Å². The molecule has 1 aliphatic rings. The monoisotopic (exact) mass is 694 g/mol. The molecule has 45 heavy (non-hydrogen) atoms. The van der Waals surface area contributed by atoms with Gasteiger partial charge in [0.05, 0.1) is 26.2 Å². The van der Waals surface area contributed by atoms with E-state index < -0.39 is 73.1 Å². The summed E-state index contributed by atoms with van der Waals surface area (Å²) in [4.78, 5) is 99.0. The zero-order valence-electron chi connectivity index (χ0n) is 24.9. The summed E-state index contributed by atoms with van der Waals surface area (Å²) in [7, 11) is 0. The Morgan fingerprint density at radius 1 is 0.800 bits per heavy atom. The summed E-state index contributed by atoms with van der Waals surface area (Å²) in [5.74, 6) is -4.74. The standard InChI is InChI=1S/C28H39BrN8O8/c1-17(38)32-15-25(42)36-20-8-9-22(39)30-10-4-5-11-31-23(40)13-33-24(41)14-34-28(45)21(37-26(43)16-35-27(20)44)12-18-6-2-3-7-19(18)29/h2-3,6-7,20-21H,4-5,8-16H2,1H3,(H,30,39)(H,31,40)(H,32,38)(H,33,41)(H,34,45)(H,35,44)(H,36,42)(H,37,43)/t20-,21+/m0/s1. The van der Waals surface area contributed by atoms with E-state index in [0.29, 0.717) is 36.0 Å². The van der Waals surface area contributed by atoms with Gasteiger partial charge in [0.25, 0.3) is 0 Å². The van der Waals surface area contributed by atoms with Gasteiger partial charge in [0, 0.05) is 37.3 Å². The van der Waals surface area contributed by atoms with Crippen LogP contribution in [0.3, 0.4) is 0 Å². The maximum Gasteiger partial charge on any atom is 0.243 e. The van der Waals surface area contributed by atoms with Gasteiger partial charge in [-0.1, -0.05) is 34.1 Å². The van der Waals surface area contributed by atoms with E-state index in [1.807, 2.05) is 0 Å². The lowest BCUT2D eigenvalue weighted by Gasteiger charge is -2.21. The second kappa shape index (κ2) is 19.7. The number of benzene rings is 1. The molecule has 1 heterocycles. The molecule has 2 rings (SSSR count). The van der Waals surface area contributed by atoms with Crippen LogP contribution in [0.4, 0.5) is 0 Å². The Morgan fingerprint density at radius 2 is 1.40 bits per heavy atom. The first kappa shape index (κ1) is 36.7. The predicted molar refractivity (Wildman–Crippen MR) is 164 cm³/mol. The second-order valence-electron chi connectivity index (χ2n) is 10.1. The summed E-state index contributed by atoms with van der Waals surface area (Å²) < 4.78 is 0.681. The molecule has 2 atom stereocenters. The highest BCUT2D eigenvalue weighted by Crippen LogP contribution is 2.17. The average molecular weight is 696 g/mol. The molecule has 0 unspecified atom stereocenters. The van der Waals surface area contributed by atoms with Crippen molar-refractivity contribution >= 4 is 63.2 Å². The molecule has 1 saturated heterocycles. The molecule has 1 aromatic rings. The Hall–Kier alpha value is -4.54. The molecule has 8 amide bonds. The lowest BCUT2D eigenvalue weighted by molar-refractivity contribution is -0.132. The van der Waals surface area contributed by atoms with E-state index >= 15 is 0 Å². The molecular formula is C28H39BrN8O8. The van der Waals surface area contributed by atoms with E-state index in [-0.39, 0.29) is 31.7 Å². The van der Waals surface area contributed by atoms with Crippen molar-refractivity contribution in [2.24, 2.45) is 0 Å². The summed E-state index contributed by atoms with van der Waals surface area (Å²) >= 11 is 3.40. The smallest absolute Gasteiger partial charge is 0.243 e. The van der Waals surface area contributed by atoms with Crippen molar-refractivity contribution in [2.45, 2.75) is 51.1 Å². The van der Waals surface area contributed by atoms with Gasteiger partial charge < -0.3 is 42.5 Å². The van der Waals surface area contributed by atoms with Crippen LogP contribution >= 0.6 is 15.9 Å². The van der Waals surface area contributed by atoms with E-state index in [9.17, 15) is 38.4 Å². The third-order valence-corrected chi connectivity index (χ3v) is 7.16. The van der Waals surface area contributed by atoms with Crippen LogP contribution in [0.15, 0.2) is 28.7 Å². The lowest BCUT2D eigenvalue weighted by Crippen LogP contribution is -2.54. The van der Waals surface area contributed by atoms with Crippen molar-refractivity contribution in [3.63, 3.8) is 0 Å². The topological polar surface area (TPSA) is 233 Å². The molecule has 1 aromatic carbocycles. The molecule has 0 saturated carbocycles. The zero-order valence-corrected chi connectivity index (χ0v) is 26.5. The number of carbonyl (C=O) groups excluding carboxylic acids is 8. The highest BCUT2D eigenvalue weighted by atomic mass is 79.9. The molecule has 17 heteroatoms. The van der Waals surface area contributed by atoms with Gasteiger partial charge in [-0.05, 0) is 30.9 Å². The fraction of sp³-hybridized carbons (Fsp3) is 0.500. The highest BCUT2D eigenvalue weighted by molar-refractivity contribution is 9.10. The number of amides is 8. The van der Waals surface area contributed by atoms with Crippen molar-refractivity contribution in [2.75, 3.05) is 39.3 Å². The van der Waals surface area contributed by atoms with E-state index in [4.69, 9.17) is 0 Å². The molecule has 0 aliphatic carbocycles. The lowest BCUT2D eigenvalue weighted by atomic mass is 10.1. The van der Waals surface area contributed by atoms with Crippen LogP contribution in [0, 0.1) is 0 Å². The van der Waals surface area contributed by atoms with E-state index in [2.05, 4.69) is 58.5 Å². The minimum Gasteiger partial charge on any atom is -0.356 e. The molecule has 8 N–H and O–H groups in total. The van der Waals surface area contributed by atoms with E-state index in [0.717, 1.165) is 0 Å². The van der Waals surface area contributed by atoms with Crippen LogP contribution in [0.1, 0.15) is 38.2 Å². The molecule has 246 valence electrons. The molecule has 16 nitrogen and oxygen atoms in total. The quantitative estimate of drug-likeness (QED) is 0.161. The minimum atomic E-state index is -1.21. The van der Waals surface area contributed by atoms with Crippen LogP contribution in [-0.2, 0) is 44.8 Å². The summed E-state index contributed by atoms with van der Waals surface area (Å²) in [5, 5.41) is 19.9. The Kier molecular flexibility index (Phi) is 16.0. The van der Waals surface area contributed by atoms with Gasteiger partial charge in [0.15, 0.2) is 0 Å². The number of nitrogens with one attached hydrogen (secondary N) is 8. The molecule has 1 fully saturated rings. The number of hydrogen-bond donors (Lipinski definition) is 8. The third-order valence-electron chi connectivity index (χ3n) is 6.38. The van der Waals surface area contributed by atoms with Crippen molar-refractivity contribution in [1.29, 1.82) is 0 Å². The summed E-state index contributed by atoms with van der Waals surface area (Å²) in [5.41, 5.74) is 0.681. The molecule has 1 aliphatic heterocycles. The zero-order chi connectivity index (χ0) is 33.2. The van der Waals surface area contributed by atoms with Gasteiger partial charge in [-0.15, -0.1) is 0 Å². The third kappa shape index (κ3) is 15.1. The SMILES string of the molecule is CC(=O)NCC(=O)N[C@H]1CCC(=O)NCCCCNC(=O)CNC(=O)CNC(=O)[C@@H](Cc2ccccc2Br)NC(=O)CNC1=O. The molecule has 0 aromatic heterocycles. The number of halogens is 1. The largest absolute Gasteiger partial charge is 0.356 e. The van der Waals surface area contributed by atoms with Crippen molar-refractivity contribution in [3.05, 3.63) is 34.3 Å². The van der Waals surface area contributed by atoms with Gasteiger partial charge >= 0.3 is 0 Å². The fourth-order valence-electron chi connectivity index (χ4n) is 4.01. The van der Waals surface area contributed by atoms with Gasteiger partial charge in [0.2, 0.25) is 47.3 Å². The average Bonchev–Trinajstić information content (AvgIpc) is 3.00. The minimum absolute atomic E-state index is 0.0356. The van der Waals surface area contributed by atoms with Gasteiger partial charge in [-0.3, -0.25) is 38.4 Å². The van der Waals surface area contributed by atoms with Crippen LogP contribution in [-0.4, -0.2) is 98.6 Å². The maximum atomic E-state index is 13.0. The van der Waals surface area contributed by atoms with Crippen molar-refractivity contribution in [1.82, 2.24) is 42.5 Å². The van der Waals surface area contributed by atoms with Crippen molar-refractivity contribution < 1.29 is 38.4 Å². The molecule has 0 radical (unpaired) electrons. The van der Waals surface area contributed by atoms with Crippen LogP contribution in [0.5, 0.6) is 0 Å². The maximum absolute atomic E-state index is 13.0. The summed E-state index contributed by atoms with van der Waals surface area (Å²) in [6, 6.07) is 4.66. The van der Waals surface area contributed by atoms with E-state index in [1.165, 1.54) is 6.92 Å². The molecule has 0 spiro atoms. The Morgan fingerprint density at radius 3 is 2.09 bits per heavy atom.